The van der Waals surface area contributed by atoms with Crippen LogP contribution in [0.25, 0.3) is 10.6 Å². The smallest absolute Gasteiger partial charge is 0.410 e. The minimum atomic E-state index is -1.11. The standard InChI is InChI=1S/C30H38Cl2N6O5S2/c1-5-42-27(40)18-6-8-36(9-7-18)24-21(32)14-19(16-33-24)25(39)35-28-34-23(22-15-20(31)17-44-22)26(45-28)37-10-12-38(13-11-37)29(41)43-30(2,3)4/h14-18,25,39H,5-13H2,1-4H3,(H,34,35). The first-order valence-corrected chi connectivity index (χ1v) is 17.4. The molecule has 2 fully saturated rings. The number of rotatable bonds is 8. The number of pyridine rings is 1. The molecular formula is C30H38Cl2N6O5S2. The predicted molar refractivity (Wildman–Crippen MR) is 180 cm³/mol. The van der Waals surface area contributed by atoms with Gasteiger partial charge in [0.15, 0.2) is 11.4 Å². The normalized spacial score (nSPS) is 16.9. The number of esters is 1. The number of anilines is 3. The number of nitrogens with one attached hydrogen (secondary N) is 1. The third-order valence-electron chi connectivity index (χ3n) is 7.46. The third kappa shape index (κ3) is 8.31. The molecule has 2 saturated heterocycles. The Morgan fingerprint density at radius 2 is 1.82 bits per heavy atom. The SMILES string of the molecule is CCOC(=O)C1CCN(c2ncc(C(O)Nc3nc(-c4cc(Cl)cs4)c(N4CCN(C(=O)OC(C)(C)C)CC4)s3)cc2Cl)CC1. The average molecular weight is 698 g/mol. The van der Waals surface area contributed by atoms with Gasteiger partial charge in [0, 0.05) is 56.4 Å². The Labute approximate surface area is 281 Å². The molecule has 0 spiro atoms. The van der Waals surface area contributed by atoms with Crippen LogP contribution in [0.1, 0.15) is 52.3 Å². The van der Waals surface area contributed by atoms with Gasteiger partial charge in [-0.05, 0) is 52.7 Å². The highest BCUT2D eigenvalue weighted by atomic mass is 35.5. The third-order valence-corrected chi connectivity index (χ3v) is 10.1. The summed E-state index contributed by atoms with van der Waals surface area (Å²) in [5.74, 6) is 0.353. The first kappa shape index (κ1) is 33.5. The quantitative estimate of drug-likeness (QED) is 0.199. The number of amides is 1. The maximum atomic E-state index is 12.6. The summed E-state index contributed by atoms with van der Waals surface area (Å²) in [4.78, 5) is 41.0. The van der Waals surface area contributed by atoms with Crippen LogP contribution in [0.2, 0.25) is 10.0 Å². The van der Waals surface area contributed by atoms with Crippen molar-refractivity contribution in [3.05, 3.63) is 39.3 Å². The lowest BCUT2D eigenvalue weighted by molar-refractivity contribution is -0.148. The van der Waals surface area contributed by atoms with Crippen molar-refractivity contribution in [2.24, 2.45) is 5.92 Å². The van der Waals surface area contributed by atoms with Crippen LogP contribution in [0.3, 0.4) is 0 Å². The zero-order chi connectivity index (χ0) is 32.3. The second kappa shape index (κ2) is 14.3. The molecule has 11 nitrogen and oxygen atoms in total. The van der Waals surface area contributed by atoms with Crippen LogP contribution in [0.15, 0.2) is 23.7 Å². The molecule has 2 aliphatic heterocycles. The fourth-order valence-corrected chi connectivity index (χ4v) is 7.70. The highest BCUT2D eigenvalue weighted by Crippen LogP contribution is 2.43. The second-order valence-electron chi connectivity index (χ2n) is 11.9. The van der Waals surface area contributed by atoms with E-state index >= 15 is 0 Å². The number of carbonyl (C=O) groups is 2. The molecule has 3 aromatic heterocycles. The molecule has 15 heteroatoms. The van der Waals surface area contributed by atoms with E-state index in [4.69, 9.17) is 37.7 Å². The van der Waals surface area contributed by atoms with Gasteiger partial charge in [-0.3, -0.25) is 4.79 Å². The summed E-state index contributed by atoms with van der Waals surface area (Å²) in [5.41, 5.74) is 0.699. The van der Waals surface area contributed by atoms with Crippen LogP contribution in [-0.2, 0) is 14.3 Å². The highest BCUT2D eigenvalue weighted by molar-refractivity contribution is 7.21. The molecule has 0 bridgehead atoms. The van der Waals surface area contributed by atoms with E-state index in [0.29, 0.717) is 85.3 Å². The van der Waals surface area contributed by atoms with E-state index < -0.39 is 11.8 Å². The van der Waals surface area contributed by atoms with E-state index in [1.54, 1.807) is 17.2 Å². The van der Waals surface area contributed by atoms with Crippen molar-refractivity contribution in [3.63, 3.8) is 0 Å². The van der Waals surface area contributed by atoms with E-state index in [-0.39, 0.29) is 18.0 Å². The maximum Gasteiger partial charge on any atom is 0.410 e. The van der Waals surface area contributed by atoms with Crippen LogP contribution in [-0.4, -0.2) is 83.5 Å². The lowest BCUT2D eigenvalue weighted by Gasteiger charge is -2.36. The predicted octanol–water partition coefficient (Wildman–Crippen LogP) is 6.51. The van der Waals surface area contributed by atoms with Gasteiger partial charge in [-0.2, -0.15) is 0 Å². The van der Waals surface area contributed by atoms with Gasteiger partial charge in [0.2, 0.25) is 0 Å². The summed E-state index contributed by atoms with van der Waals surface area (Å²) < 4.78 is 10.7. The number of carbonyl (C=O) groups excluding carboxylic acids is 2. The van der Waals surface area contributed by atoms with Crippen molar-refractivity contribution in [1.29, 1.82) is 0 Å². The number of aromatic nitrogens is 2. The Morgan fingerprint density at radius 3 is 2.42 bits per heavy atom. The summed E-state index contributed by atoms with van der Waals surface area (Å²) in [6, 6.07) is 3.57. The second-order valence-corrected chi connectivity index (χ2v) is 14.6. The summed E-state index contributed by atoms with van der Waals surface area (Å²) in [7, 11) is 0. The van der Waals surface area contributed by atoms with Crippen LogP contribution >= 0.6 is 45.9 Å². The largest absolute Gasteiger partial charge is 0.466 e. The summed E-state index contributed by atoms with van der Waals surface area (Å²) in [5, 5.41) is 18.6. The number of hydrogen-bond acceptors (Lipinski definition) is 12. The van der Waals surface area contributed by atoms with Crippen LogP contribution in [0.5, 0.6) is 0 Å². The number of ether oxygens (including phenoxy) is 2. The van der Waals surface area contributed by atoms with Gasteiger partial charge in [0.1, 0.15) is 22.1 Å². The maximum absolute atomic E-state index is 12.6. The topological polar surface area (TPSA) is 120 Å². The molecule has 244 valence electrons. The number of thiazole rings is 1. The number of thiophene rings is 1. The van der Waals surface area contributed by atoms with E-state index in [0.717, 1.165) is 15.6 Å². The molecule has 5 heterocycles. The average Bonchev–Trinajstić information content (AvgIpc) is 3.62. The van der Waals surface area contributed by atoms with Crippen molar-refractivity contribution >= 4 is 73.9 Å². The van der Waals surface area contributed by atoms with Crippen molar-refractivity contribution in [2.75, 3.05) is 61.0 Å². The van der Waals surface area contributed by atoms with Gasteiger partial charge >= 0.3 is 12.1 Å². The van der Waals surface area contributed by atoms with Gasteiger partial charge in [-0.25, -0.2) is 14.8 Å². The molecule has 0 aromatic carbocycles. The lowest BCUT2D eigenvalue weighted by Crippen LogP contribution is -2.50. The molecule has 1 amide bonds. The van der Waals surface area contributed by atoms with Gasteiger partial charge in [-0.1, -0.05) is 34.5 Å². The lowest BCUT2D eigenvalue weighted by atomic mass is 9.97. The van der Waals surface area contributed by atoms with Crippen molar-refractivity contribution in [1.82, 2.24) is 14.9 Å². The van der Waals surface area contributed by atoms with E-state index in [9.17, 15) is 14.7 Å². The van der Waals surface area contributed by atoms with Crippen molar-refractivity contribution in [2.45, 2.75) is 52.4 Å². The Bertz CT molecular complexity index is 1500. The fourth-order valence-electron chi connectivity index (χ4n) is 5.22. The highest BCUT2D eigenvalue weighted by Gasteiger charge is 2.30. The van der Waals surface area contributed by atoms with Gasteiger partial charge < -0.3 is 34.6 Å². The first-order valence-electron chi connectivity index (χ1n) is 14.9. The zero-order valence-electron chi connectivity index (χ0n) is 25.7. The number of nitrogens with zero attached hydrogens (tertiary/aromatic N) is 5. The Balaban J connectivity index is 1.27. The molecule has 45 heavy (non-hydrogen) atoms. The van der Waals surface area contributed by atoms with E-state index in [2.05, 4.69) is 20.1 Å². The van der Waals surface area contributed by atoms with E-state index in [1.807, 2.05) is 39.1 Å². The summed E-state index contributed by atoms with van der Waals surface area (Å²) in [6.07, 6.45) is 1.51. The molecule has 0 aliphatic carbocycles. The number of halogens is 2. The molecule has 3 aromatic rings. The van der Waals surface area contributed by atoms with Crippen LogP contribution < -0.4 is 15.1 Å². The monoisotopic (exact) mass is 696 g/mol. The molecular weight excluding hydrogens is 659 g/mol. The van der Waals surface area contributed by atoms with Gasteiger partial charge in [0.25, 0.3) is 0 Å². The molecule has 2 N–H and O–H groups in total. The summed E-state index contributed by atoms with van der Waals surface area (Å²) >= 11 is 15.8. The Morgan fingerprint density at radius 1 is 1.11 bits per heavy atom. The Hall–Kier alpha value is -2.84. The van der Waals surface area contributed by atoms with Crippen LogP contribution in [0, 0.1) is 5.92 Å². The van der Waals surface area contributed by atoms with Crippen molar-refractivity contribution in [3.8, 4) is 10.6 Å². The van der Waals surface area contributed by atoms with Gasteiger partial charge in [0.05, 0.1) is 27.4 Å². The molecule has 0 radical (unpaired) electrons. The first-order chi connectivity index (χ1) is 21.4. The number of hydrogen-bond donors (Lipinski definition) is 2. The molecule has 2 aliphatic rings. The number of aliphatic hydroxyl groups is 1. The fraction of sp³-hybridized carbons (Fsp3) is 0.533. The van der Waals surface area contributed by atoms with Crippen LogP contribution in [0.4, 0.5) is 20.7 Å². The Kier molecular flexibility index (Phi) is 10.6. The van der Waals surface area contributed by atoms with Crippen molar-refractivity contribution < 1.29 is 24.2 Å². The molecule has 0 saturated carbocycles. The number of piperidine rings is 1. The molecule has 1 atom stereocenters. The van der Waals surface area contributed by atoms with E-state index in [1.165, 1.54) is 22.7 Å². The number of aliphatic hydroxyl groups excluding tert-OH is 1. The minimum absolute atomic E-state index is 0.114. The molecule has 5 rings (SSSR count). The zero-order valence-corrected chi connectivity index (χ0v) is 28.9. The van der Waals surface area contributed by atoms with Gasteiger partial charge in [-0.15, -0.1) is 11.3 Å². The summed E-state index contributed by atoms with van der Waals surface area (Å²) in [6.45, 7) is 11.3. The molecule has 1 unspecified atom stereocenters. The minimum Gasteiger partial charge on any atom is -0.466 e. The number of piperazine rings is 1.